The molecule has 4 aromatic rings. The van der Waals surface area contributed by atoms with E-state index in [0.29, 0.717) is 28.6 Å². The number of sulfonamides is 1. The van der Waals surface area contributed by atoms with Gasteiger partial charge in [0, 0.05) is 29.6 Å². The maximum Gasteiger partial charge on any atom is 0.264 e. The van der Waals surface area contributed by atoms with Gasteiger partial charge in [-0.1, -0.05) is 96.9 Å². The van der Waals surface area contributed by atoms with Crippen molar-refractivity contribution in [3.8, 4) is 0 Å². The summed E-state index contributed by atoms with van der Waals surface area (Å²) in [6, 6.07) is 28.3. The van der Waals surface area contributed by atoms with E-state index in [4.69, 9.17) is 23.2 Å². The number of amides is 2. The van der Waals surface area contributed by atoms with E-state index in [0.717, 1.165) is 15.4 Å². The normalized spacial score (nSPS) is 11.9. The zero-order valence-electron chi connectivity index (χ0n) is 24.6. The number of halogens is 2. The number of nitrogens with one attached hydrogen (secondary N) is 1. The Morgan fingerprint density at radius 2 is 1.50 bits per heavy atom. The standard InChI is InChI=1S/C34H35Cl2N3O4S/c1-3-19-37-34(41)32(21-26-11-6-4-7-12-26)38(23-27-13-10-14-28(35)20-27)33(40)24-39(29-18-17-25(2)31(36)22-29)44(42,43)30-15-8-5-9-16-30/h4-18,20,22,32H,3,19,21,23-24H2,1-2H3,(H,37,41)/t32-/m0/s1. The second kappa shape index (κ2) is 15.2. The number of hydrogen-bond donors (Lipinski definition) is 1. The van der Waals surface area contributed by atoms with Crippen molar-refractivity contribution in [2.24, 2.45) is 0 Å². The van der Waals surface area contributed by atoms with Crippen LogP contribution >= 0.6 is 23.2 Å². The monoisotopic (exact) mass is 651 g/mol. The van der Waals surface area contributed by atoms with Crippen molar-refractivity contribution in [2.45, 2.75) is 44.2 Å². The minimum atomic E-state index is -4.21. The van der Waals surface area contributed by atoms with E-state index in [1.807, 2.05) is 50.2 Å². The largest absolute Gasteiger partial charge is 0.354 e. The third-order valence-electron chi connectivity index (χ3n) is 7.12. The number of anilines is 1. The summed E-state index contributed by atoms with van der Waals surface area (Å²) >= 11 is 12.7. The molecule has 1 N–H and O–H groups in total. The lowest BCUT2D eigenvalue weighted by Crippen LogP contribution is -2.53. The smallest absolute Gasteiger partial charge is 0.264 e. The molecule has 4 rings (SSSR count). The second-order valence-corrected chi connectivity index (χ2v) is 13.1. The third kappa shape index (κ3) is 8.40. The summed E-state index contributed by atoms with van der Waals surface area (Å²) in [7, 11) is -4.21. The first-order chi connectivity index (χ1) is 21.1. The van der Waals surface area contributed by atoms with Crippen LogP contribution in [0.4, 0.5) is 5.69 Å². The Kier molecular flexibility index (Phi) is 11.4. The minimum absolute atomic E-state index is 0.0208. The highest BCUT2D eigenvalue weighted by Crippen LogP contribution is 2.29. The Morgan fingerprint density at radius 1 is 0.841 bits per heavy atom. The fourth-order valence-electron chi connectivity index (χ4n) is 4.74. The highest BCUT2D eigenvalue weighted by atomic mass is 35.5. The molecule has 1 atom stereocenters. The summed E-state index contributed by atoms with van der Waals surface area (Å²) in [5.41, 5.74) is 2.54. The van der Waals surface area contributed by atoms with Gasteiger partial charge in [0.1, 0.15) is 12.6 Å². The Balaban J connectivity index is 1.81. The molecule has 0 spiro atoms. The summed E-state index contributed by atoms with van der Waals surface area (Å²) in [4.78, 5) is 29.6. The fourth-order valence-corrected chi connectivity index (χ4v) is 6.55. The van der Waals surface area contributed by atoms with Crippen LogP contribution in [0.1, 0.15) is 30.0 Å². The van der Waals surface area contributed by atoms with Gasteiger partial charge in [0.25, 0.3) is 10.0 Å². The van der Waals surface area contributed by atoms with E-state index in [2.05, 4.69) is 5.32 Å². The predicted octanol–water partition coefficient (Wildman–Crippen LogP) is 6.66. The van der Waals surface area contributed by atoms with Gasteiger partial charge in [-0.05, 0) is 66.4 Å². The lowest BCUT2D eigenvalue weighted by molar-refractivity contribution is -0.140. The molecule has 10 heteroatoms. The van der Waals surface area contributed by atoms with Crippen LogP contribution in [0, 0.1) is 6.92 Å². The molecule has 0 fully saturated rings. The van der Waals surface area contributed by atoms with Crippen molar-refractivity contribution in [1.29, 1.82) is 0 Å². The van der Waals surface area contributed by atoms with Gasteiger partial charge in [0.05, 0.1) is 10.6 Å². The van der Waals surface area contributed by atoms with Crippen LogP contribution in [-0.2, 0) is 32.6 Å². The molecule has 0 heterocycles. The molecule has 4 aromatic carbocycles. The van der Waals surface area contributed by atoms with Crippen molar-refractivity contribution >= 4 is 50.7 Å². The van der Waals surface area contributed by atoms with Crippen LogP contribution < -0.4 is 9.62 Å². The van der Waals surface area contributed by atoms with E-state index in [1.54, 1.807) is 48.5 Å². The van der Waals surface area contributed by atoms with Crippen LogP contribution in [-0.4, -0.2) is 44.3 Å². The third-order valence-corrected chi connectivity index (χ3v) is 9.55. The Labute approximate surface area is 269 Å². The van der Waals surface area contributed by atoms with Gasteiger partial charge < -0.3 is 10.2 Å². The van der Waals surface area contributed by atoms with Crippen molar-refractivity contribution in [3.63, 3.8) is 0 Å². The number of benzene rings is 4. The molecule has 0 radical (unpaired) electrons. The molecule has 0 saturated heterocycles. The SMILES string of the molecule is CCCNC(=O)[C@H](Cc1ccccc1)N(Cc1cccc(Cl)c1)C(=O)CN(c1ccc(C)c(Cl)c1)S(=O)(=O)c1ccccc1. The lowest BCUT2D eigenvalue weighted by Gasteiger charge is -2.34. The molecule has 230 valence electrons. The van der Waals surface area contributed by atoms with Crippen LogP contribution in [0.5, 0.6) is 0 Å². The van der Waals surface area contributed by atoms with Crippen LogP contribution in [0.3, 0.4) is 0 Å². The zero-order chi connectivity index (χ0) is 31.7. The minimum Gasteiger partial charge on any atom is -0.354 e. The van der Waals surface area contributed by atoms with Crippen molar-refractivity contribution < 1.29 is 18.0 Å². The molecular formula is C34H35Cl2N3O4S. The van der Waals surface area contributed by atoms with Gasteiger partial charge in [-0.3, -0.25) is 13.9 Å². The van der Waals surface area contributed by atoms with Gasteiger partial charge >= 0.3 is 0 Å². The number of hydrogen-bond acceptors (Lipinski definition) is 4. The Bertz CT molecular complexity index is 1690. The molecule has 7 nitrogen and oxygen atoms in total. The summed E-state index contributed by atoms with van der Waals surface area (Å²) < 4.78 is 29.1. The molecule has 0 aliphatic rings. The average Bonchev–Trinajstić information content (AvgIpc) is 3.02. The van der Waals surface area contributed by atoms with Crippen LogP contribution in [0.2, 0.25) is 10.0 Å². The lowest BCUT2D eigenvalue weighted by atomic mass is 10.0. The van der Waals surface area contributed by atoms with E-state index < -0.39 is 28.5 Å². The van der Waals surface area contributed by atoms with Gasteiger partial charge in [-0.15, -0.1) is 0 Å². The molecule has 2 amide bonds. The number of carbonyl (C=O) groups excluding carboxylic acids is 2. The number of aryl methyl sites for hydroxylation is 1. The highest BCUT2D eigenvalue weighted by Gasteiger charge is 2.34. The van der Waals surface area contributed by atoms with Crippen LogP contribution in [0.25, 0.3) is 0 Å². The average molecular weight is 653 g/mol. The fraction of sp³-hybridized carbons (Fsp3) is 0.235. The Hall–Kier alpha value is -3.85. The quantitative estimate of drug-likeness (QED) is 0.175. The first-order valence-electron chi connectivity index (χ1n) is 14.3. The molecular weight excluding hydrogens is 617 g/mol. The molecule has 0 unspecified atom stereocenters. The van der Waals surface area contributed by atoms with E-state index in [-0.39, 0.29) is 29.5 Å². The first-order valence-corrected chi connectivity index (χ1v) is 16.5. The van der Waals surface area contributed by atoms with E-state index >= 15 is 0 Å². The van der Waals surface area contributed by atoms with Gasteiger partial charge in [-0.2, -0.15) is 0 Å². The summed E-state index contributed by atoms with van der Waals surface area (Å²) in [5.74, 6) is -0.893. The van der Waals surface area contributed by atoms with Crippen molar-refractivity contribution in [2.75, 3.05) is 17.4 Å². The molecule has 0 saturated carbocycles. The van der Waals surface area contributed by atoms with E-state index in [9.17, 15) is 18.0 Å². The van der Waals surface area contributed by atoms with Gasteiger partial charge in [0.2, 0.25) is 11.8 Å². The van der Waals surface area contributed by atoms with Crippen molar-refractivity contribution in [1.82, 2.24) is 10.2 Å². The van der Waals surface area contributed by atoms with Crippen LogP contribution in [0.15, 0.2) is 108 Å². The number of rotatable bonds is 13. The summed E-state index contributed by atoms with van der Waals surface area (Å²) in [6.45, 7) is 3.65. The highest BCUT2D eigenvalue weighted by molar-refractivity contribution is 7.92. The number of nitrogens with zero attached hydrogens (tertiary/aromatic N) is 2. The topological polar surface area (TPSA) is 86.8 Å². The first kappa shape index (κ1) is 33.1. The number of carbonyl (C=O) groups is 2. The molecule has 44 heavy (non-hydrogen) atoms. The van der Waals surface area contributed by atoms with Gasteiger partial charge in [-0.25, -0.2) is 8.42 Å². The molecule has 0 aromatic heterocycles. The zero-order valence-corrected chi connectivity index (χ0v) is 26.9. The Morgan fingerprint density at radius 3 is 2.14 bits per heavy atom. The molecule has 0 bridgehead atoms. The predicted molar refractivity (Wildman–Crippen MR) is 176 cm³/mol. The van der Waals surface area contributed by atoms with E-state index in [1.165, 1.54) is 23.1 Å². The van der Waals surface area contributed by atoms with Gasteiger partial charge in [0.15, 0.2) is 0 Å². The summed E-state index contributed by atoms with van der Waals surface area (Å²) in [5, 5.41) is 3.77. The molecule has 0 aliphatic carbocycles. The summed E-state index contributed by atoms with van der Waals surface area (Å²) in [6.07, 6.45) is 0.938. The second-order valence-electron chi connectivity index (χ2n) is 10.4. The van der Waals surface area contributed by atoms with Crippen molar-refractivity contribution in [3.05, 3.63) is 130 Å². The maximum absolute atomic E-state index is 14.4. The molecule has 0 aliphatic heterocycles. The maximum atomic E-state index is 14.4.